The third-order valence-corrected chi connectivity index (χ3v) is 6.06. The van der Waals surface area contributed by atoms with Crippen LogP contribution in [0.25, 0.3) is 0 Å². The number of carbonyl (C=O) groups excluding carboxylic acids is 2. The van der Waals surface area contributed by atoms with Crippen molar-refractivity contribution in [1.29, 1.82) is 0 Å². The Kier molecular flexibility index (Phi) is 6.97. The molecule has 0 unspecified atom stereocenters. The van der Waals surface area contributed by atoms with Gasteiger partial charge in [-0.05, 0) is 49.6 Å². The fourth-order valence-corrected chi connectivity index (χ4v) is 4.32. The minimum absolute atomic E-state index is 0.145. The highest BCUT2D eigenvalue weighted by Crippen LogP contribution is 2.30. The van der Waals surface area contributed by atoms with Crippen LogP contribution in [-0.4, -0.2) is 65.0 Å². The number of aliphatic hydroxyl groups is 1. The molecular weight excluding hydrogens is 434 g/mol. The summed E-state index contributed by atoms with van der Waals surface area (Å²) in [6.07, 6.45) is -0.724. The van der Waals surface area contributed by atoms with Crippen LogP contribution in [0.5, 0.6) is 0 Å². The molecule has 0 bridgehead atoms. The maximum atomic E-state index is 12.7. The SMILES string of the molecule is CC(C)(C)OC(=O)N1Cc2ccc(N3CCN(C(=O)OCc4ccccc4)[C@H](CO)C3)cc2C1. The highest BCUT2D eigenvalue weighted by atomic mass is 16.6. The van der Waals surface area contributed by atoms with E-state index in [0.717, 1.165) is 22.4 Å². The molecule has 2 amide bonds. The molecule has 1 N–H and O–H groups in total. The van der Waals surface area contributed by atoms with E-state index in [0.29, 0.717) is 32.7 Å². The average molecular weight is 468 g/mol. The molecule has 0 spiro atoms. The number of anilines is 1. The van der Waals surface area contributed by atoms with Gasteiger partial charge in [-0.1, -0.05) is 36.4 Å². The molecule has 2 aliphatic rings. The second-order valence-electron chi connectivity index (χ2n) is 9.81. The number of rotatable bonds is 4. The highest BCUT2D eigenvalue weighted by Gasteiger charge is 2.32. The first-order chi connectivity index (χ1) is 16.2. The molecular formula is C26H33N3O5. The van der Waals surface area contributed by atoms with Gasteiger partial charge < -0.3 is 19.5 Å². The van der Waals surface area contributed by atoms with Gasteiger partial charge in [-0.25, -0.2) is 9.59 Å². The summed E-state index contributed by atoms with van der Waals surface area (Å²) < 4.78 is 11.0. The molecule has 4 rings (SSSR count). The number of ether oxygens (including phenoxy) is 2. The summed E-state index contributed by atoms with van der Waals surface area (Å²) in [7, 11) is 0. The van der Waals surface area contributed by atoms with Gasteiger partial charge in [0.1, 0.15) is 12.2 Å². The van der Waals surface area contributed by atoms with E-state index in [9.17, 15) is 14.7 Å². The molecule has 1 saturated heterocycles. The lowest BCUT2D eigenvalue weighted by Crippen LogP contribution is -2.56. The molecule has 8 heteroatoms. The van der Waals surface area contributed by atoms with E-state index in [1.807, 2.05) is 63.2 Å². The van der Waals surface area contributed by atoms with Gasteiger partial charge in [-0.15, -0.1) is 0 Å². The van der Waals surface area contributed by atoms with E-state index in [2.05, 4.69) is 11.0 Å². The lowest BCUT2D eigenvalue weighted by Gasteiger charge is -2.41. The first-order valence-electron chi connectivity index (χ1n) is 11.7. The monoisotopic (exact) mass is 467 g/mol. The predicted octanol–water partition coefficient (Wildman–Crippen LogP) is 3.76. The van der Waals surface area contributed by atoms with Crippen molar-refractivity contribution in [2.75, 3.05) is 31.1 Å². The average Bonchev–Trinajstić information content (AvgIpc) is 3.25. The molecule has 0 aromatic heterocycles. The van der Waals surface area contributed by atoms with Crippen molar-refractivity contribution >= 4 is 17.9 Å². The van der Waals surface area contributed by atoms with Crippen molar-refractivity contribution in [2.24, 2.45) is 0 Å². The Hall–Kier alpha value is -3.26. The van der Waals surface area contributed by atoms with Gasteiger partial charge in [-0.2, -0.15) is 0 Å². The van der Waals surface area contributed by atoms with E-state index in [-0.39, 0.29) is 25.3 Å². The van der Waals surface area contributed by atoms with Crippen molar-refractivity contribution < 1.29 is 24.2 Å². The number of fused-ring (bicyclic) bond motifs is 1. The first kappa shape index (κ1) is 23.9. The van der Waals surface area contributed by atoms with E-state index >= 15 is 0 Å². The molecule has 0 radical (unpaired) electrons. The van der Waals surface area contributed by atoms with E-state index in [1.165, 1.54) is 0 Å². The van der Waals surface area contributed by atoms with Crippen LogP contribution in [0.1, 0.15) is 37.5 Å². The fourth-order valence-electron chi connectivity index (χ4n) is 4.32. The maximum absolute atomic E-state index is 12.7. The maximum Gasteiger partial charge on any atom is 0.410 e. The molecule has 1 atom stereocenters. The molecule has 182 valence electrons. The zero-order valence-electron chi connectivity index (χ0n) is 20.1. The lowest BCUT2D eigenvalue weighted by atomic mass is 10.1. The molecule has 34 heavy (non-hydrogen) atoms. The third kappa shape index (κ3) is 5.62. The topological polar surface area (TPSA) is 82.6 Å². The quantitative estimate of drug-likeness (QED) is 0.737. The number of nitrogens with zero attached hydrogens (tertiary/aromatic N) is 3. The smallest absolute Gasteiger partial charge is 0.410 e. The summed E-state index contributed by atoms with van der Waals surface area (Å²) in [5, 5.41) is 9.97. The molecule has 0 saturated carbocycles. The van der Waals surface area contributed by atoms with Gasteiger partial charge in [0.25, 0.3) is 0 Å². The Morgan fingerprint density at radius 2 is 1.74 bits per heavy atom. The van der Waals surface area contributed by atoms with Gasteiger partial charge in [0.2, 0.25) is 0 Å². The zero-order valence-corrected chi connectivity index (χ0v) is 20.1. The predicted molar refractivity (Wildman–Crippen MR) is 128 cm³/mol. The van der Waals surface area contributed by atoms with Gasteiger partial charge in [0.05, 0.1) is 12.6 Å². The summed E-state index contributed by atoms with van der Waals surface area (Å²) in [5.74, 6) is 0. The first-order valence-corrected chi connectivity index (χ1v) is 11.7. The van der Waals surface area contributed by atoms with Crippen LogP contribution in [0.15, 0.2) is 48.5 Å². The Balaban J connectivity index is 1.36. The van der Waals surface area contributed by atoms with Gasteiger partial charge in [-0.3, -0.25) is 9.80 Å². The molecule has 2 heterocycles. The molecule has 2 aromatic carbocycles. The summed E-state index contributed by atoms with van der Waals surface area (Å²) in [6, 6.07) is 15.4. The Bertz CT molecular complexity index is 1020. The second-order valence-corrected chi connectivity index (χ2v) is 9.81. The Labute approximate surface area is 200 Å². The van der Waals surface area contributed by atoms with E-state index in [4.69, 9.17) is 9.47 Å². The highest BCUT2D eigenvalue weighted by molar-refractivity contribution is 5.70. The fraction of sp³-hybridized carbons (Fsp3) is 0.462. The zero-order chi connectivity index (χ0) is 24.3. The number of piperazine rings is 1. The number of aliphatic hydroxyl groups excluding tert-OH is 1. The number of carbonyl (C=O) groups is 2. The molecule has 0 aliphatic carbocycles. The van der Waals surface area contributed by atoms with Crippen LogP contribution in [0.2, 0.25) is 0 Å². The summed E-state index contributed by atoms with van der Waals surface area (Å²) in [5.41, 5.74) is 3.61. The van der Waals surface area contributed by atoms with Crippen LogP contribution < -0.4 is 4.90 Å². The van der Waals surface area contributed by atoms with Crippen molar-refractivity contribution in [3.8, 4) is 0 Å². The third-order valence-electron chi connectivity index (χ3n) is 6.06. The molecule has 1 fully saturated rings. The molecule has 2 aromatic rings. The van der Waals surface area contributed by atoms with Gasteiger partial charge >= 0.3 is 12.2 Å². The van der Waals surface area contributed by atoms with Crippen LogP contribution in [0.3, 0.4) is 0 Å². The Morgan fingerprint density at radius 3 is 2.44 bits per heavy atom. The normalized spacial score (nSPS) is 18.0. The summed E-state index contributed by atoms with van der Waals surface area (Å²) in [4.78, 5) is 30.6. The van der Waals surface area contributed by atoms with E-state index < -0.39 is 11.7 Å². The summed E-state index contributed by atoms with van der Waals surface area (Å²) >= 11 is 0. The van der Waals surface area contributed by atoms with Crippen LogP contribution in [0, 0.1) is 0 Å². The van der Waals surface area contributed by atoms with E-state index in [1.54, 1.807) is 9.80 Å². The standard InChI is InChI=1S/C26H33N3O5/c1-26(2,3)34-24(31)28-14-20-9-10-22(13-21(20)15-28)27-11-12-29(23(16-27)17-30)25(32)33-18-19-7-5-4-6-8-19/h4-10,13,23,30H,11-12,14-18H2,1-3H3/t23-/m0/s1. The van der Waals surface area contributed by atoms with Crippen LogP contribution in [0.4, 0.5) is 15.3 Å². The van der Waals surface area contributed by atoms with Crippen molar-refractivity contribution in [3.05, 3.63) is 65.2 Å². The molecule has 8 nitrogen and oxygen atoms in total. The minimum Gasteiger partial charge on any atom is -0.445 e. The van der Waals surface area contributed by atoms with Gasteiger partial charge in [0, 0.05) is 38.4 Å². The Morgan fingerprint density at radius 1 is 1.00 bits per heavy atom. The van der Waals surface area contributed by atoms with Crippen molar-refractivity contribution in [1.82, 2.24) is 9.80 Å². The number of amides is 2. The van der Waals surface area contributed by atoms with Crippen molar-refractivity contribution in [2.45, 2.75) is 52.1 Å². The van der Waals surface area contributed by atoms with Crippen molar-refractivity contribution in [3.63, 3.8) is 0 Å². The lowest BCUT2D eigenvalue weighted by molar-refractivity contribution is 0.0241. The second kappa shape index (κ2) is 9.93. The number of hydrogen-bond acceptors (Lipinski definition) is 6. The van der Waals surface area contributed by atoms with Crippen LogP contribution >= 0.6 is 0 Å². The number of benzene rings is 2. The van der Waals surface area contributed by atoms with Gasteiger partial charge in [0.15, 0.2) is 0 Å². The largest absolute Gasteiger partial charge is 0.445 e. The summed E-state index contributed by atoms with van der Waals surface area (Å²) in [6.45, 7) is 8.28. The minimum atomic E-state index is -0.530. The number of hydrogen-bond donors (Lipinski definition) is 1. The van der Waals surface area contributed by atoms with Crippen LogP contribution in [-0.2, 0) is 29.2 Å². The molecule has 2 aliphatic heterocycles.